The maximum Gasteiger partial charge on any atom is 0.238 e. The van der Waals surface area contributed by atoms with Gasteiger partial charge < -0.3 is 14.8 Å². The van der Waals surface area contributed by atoms with Gasteiger partial charge in [0.05, 0.1) is 11.5 Å². The van der Waals surface area contributed by atoms with Gasteiger partial charge in [-0.3, -0.25) is 14.9 Å². The van der Waals surface area contributed by atoms with Crippen LogP contribution in [0.3, 0.4) is 0 Å². The highest BCUT2D eigenvalue weighted by atomic mass is 32.2. The summed E-state index contributed by atoms with van der Waals surface area (Å²) in [7, 11) is 0. The minimum absolute atomic E-state index is 0.0142. The molecule has 0 bridgehead atoms. The zero-order valence-electron chi connectivity index (χ0n) is 15.5. The van der Waals surface area contributed by atoms with Crippen LogP contribution in [0.5, 0.6) is 0 Å². The van der Waals surface area contributed by atoms with Gasteiger partial charge in [0.2, 0.25) is 11.8 Å². The number of nitriles is 2. The molecule has 0 heterocycles. The summed E-state index contributed by atoms with van der Waals surface area (Å²) in [5.74, 6) is -1.35. The van der Waals surface area contributed by atoms with Gasteiger partial charge in [0.1, 0.15) is 28.9 Å². The van der Waals surface area contributed by atoms with Gasteiger partial charge in [-0.2, -0.15) is 10.5 Å². The molecule has 0 aliphatic rings. The summed E-state index contributed by atoms with van der Waals surface area (Å²) in [6.07, 6.45) is 1.88. The van der Waals surface area contributed by atoms with Crippen LogP contribution in [0.4, 0.5) is 0 Å². The second-order valence-electron chi connectivity index (χ2n) is 7.13. The van der Waals surface area contributed by atoms with Crippen molar-refractivity contribution in [2.24, 2.45) is 22.5 Å². The van der Waals surface area contributed by atoms with Crippen molar-refractivity contribution in [1.82, 2.24) is 5.32 Å². The number of nitrogens with one attached hydrogen (secondary N) is 1. The number of hydrogen-bond acceptors (Lipinski definition) is 6. The fourth-order valence-corrected chi connectivity index (χ4v) is 5.30. The lowest BCUT2D eigenvalue weighted by Crippen LogP contribution is -2.41. The van der Waals surface area contributed by atoms with Gasteiger partial charge >= 0.3 is 0 Å². The number of nitrogens with two attached hydrogens (primary N) is 1. The first-order valence-electron chi connectivity index (χ1n) is 7.97. The SMILES string of the molecule is CC(C)(CC[S+]([O-])CC[S+]([O-])CC(C#N)C(C)(C)C(N)=O)C(=O)NC#N. The topological polar surface area (TPSA) is 166 Å². The summed E-state index contributed by atoms with van der Waals surface area (Å²) in [6, 6.07) is 1.97. The van der Waals surface area contributed by atoms with Gasteiger partial charge in [0, 0.05) is 11.8 Å². The molecular weight excluding hydrogens is 376 g/mol. The number of amides is 2. The molecule has 0 radical (unpaired) electrons. The second-order valence-corrected chi connectivity index (χ2v) is 10.4. The average molecular weight is 403 g/mol. The number of carbonyl (C=O) groups is 2. The quantitative estimate of drug-likeness (QED) is 0.283. The van der Waals surface area contributed by atoms with Crippen molar-refractivity contribution in [3.63, 3.8) is 0 Å². The van der Waals surface area contributed by atoms with E-state index in [4.69, 9.17) is 11.0 Å². The zero-order valence-corrected chi connectivity index (χ0v) is 17.2. The number of rotatable bonds is 11. The smallest absolute Gasteiger partial charge is 0.238 e. The Kier molecular flexibility index (Phi) is 10.0. The maximum atomic E-state index is 12.2. The Bertz CT molecular complexity index is 584. The lowest BCUT2D eigenvalue weighted by atomic mass is 9.80. The van der Waals surface area contributed by atoms with Crippen LogP contribution in [0.25, 0.3) is 0 Å². The summed E-state index contributed by atoms with van der Waals surface area (Å²) in [4.78, 5) is 23.1. The molecule has 0 saturated heterocycles. The van der Waals surface area contributed by atoms with E-state index >= 15 is 0 Å². The Balaban J connectivity index is 4.45. The van der Waals surface area contributed by atoms with Crippen molar-refractivity contribution in [3.8, 4) is 12.3 Å². The highest BCUT2D eigenvalue weighted by Crippen LogP contribution is 2.27. The van der Waals surface area contributed by atoms with Crippen LogP contribution in [0, 0.1) is 39.5 Å². The molecule has 0 aromatic rings. The molecule has 26 heavy (non-hydrogen) atoms. The molecule has 0 spiro atoms. The second kappa shape index (κ2) is 10.6. The first kappa shape index (κ1) is 24.5. The van der Waals surface area contributed by atoms with E-state index in [1.807, 2.05) is 6.07 Å². The minimum atomic E-state index is -1.42. The summed E-state index contributed by atoms with van der Waals surface area (Å²) < 4.78 is 24.2. The van der Waals surface area contributed by atoms with Gasteiger partial charge in [-0.1, -0.05) is 13.8 Å². The van der Waals surface area contributed by atoms with E-state index in [1.54, 1.807) is 20.0 Å². The molecule has 0 aliphatic carbocycles. The highest BCUT2D eigenvalue weighted by Gasteiger charge is 2.38. The summed E-state index contributed by atoms with van der Waals surface area (Å²) in [6.45, 7) is 6.37. The van der Waals surface area contributed by atoms with Crippen LogP contribution >= 0.6 is 0 Å². The molecule has 0 fully saturated rings. The summed E-state index contributed by atoms with van der Waals surface area (Å²) in [5, 5.41) is 19.7. The van der Waals surface area contributed by atoms with Crippen molar-refractivity contribution >= 4 is 34.2 Å². The van der Waals surface area contributed by atoms with E-state index in [2.05, 4.69) is 5.32 Å². The number of nitrogens with zero attached hydrogens (tertiary/aromatic N) is 2. The van der Waals surface area contributed by atoms with Gasteiger partial charge in [0.25, 0.3) is 0 Å². The molecule has 0 aromatic carbocycles. The standard InChI is InChI=1S/C16H26N4O4S2/c1-15(2,14(22)20-11-18)5-6-25(23)7-8-26(24)10-12(9-17)16(3,4)13(19)21/h12H,5-8,10H2,1-4H3,(H2,19,21)(H,20,22). The lowest BCUT2D eigenvalue weighted by Gasteiger charge is -2.26. The van der Waals surface area contributed by atoms with Crippen molar-refractivity contribution in [2.45, 2.75) is 34.1 Å². The van der Waals surface area contributed by atoms with Gasteiger partial charge in [0.15, 0.2) is 6.19 Å². The van der Waals surface area contributed by atoms with E-state index in [9.17, 15) is 24.0 Å². The van der Waals surface area contributed by atoms with E-state index < -0.39 is 50.9 Å². The zero-order chi connectivity index (χ0) is 20.5. The third-order valence-corrected chi connectivity index (χ3v) is 7.23. The van der Waals surface area contributed by atoms with Gasteiger partial charge in [-0.05, 0) is 36.2 Å². The molecule has 10 heteroatoms. The lowest BCUT2D eigenvalue weighted by molar-refractivity contribution is -0.128. The normalized spacial score (nSPS) is 15.2. The maximum absolute atomic E-state index is 12.2. The van der Waals surface area contributed by atoms with Crippen LogP contribution in [-0.4, -0.2) is 43.9 Å². The molecular formula is C16H26N4O4S2. The van der Waals surface area contributed by atoms with Crippen molar-refractivity contribution in [1.29, 1.82) is 10.5 Å². The monoisotopic (exact) mass is 402 g/mol. The fraction of sp³-hybridized carbons (Fsp3) is 0.750. The van der Waals surface area contributed by atoms with E-state index in [1.165, 1.54) is 13.8 Å². The Morgan fingerprint density at radius 2 is 1.65 bits per heavy atom. The van der Waals surface area contributed by atoms with Crippen molar-refractivity contribution < 1.29 is 18.7 Å². The minimum Gasteiger partial charge on any atom is -0.616 e. The molecule has 0 rings (SSSR count). The first-order chi connectivity index (χ1) is 11.9. The van der Waals surface area contributed by atoms with E-state index in [0.717, 1.165) is 0 Å². The predicted octanol–water partition coefficient (Wildman–Crippen LogP) is 0.149. The van der Waals surface area contributed by atoms with Crippen LogP contribution in [0.1, 0.15) is 34.1 Å². The summed E-state index contributed by atoms with van der Waals surface area (Å²) >= 11 is -2.70. The van der Waals surface area contributed by atoms with E-state index in [0.29, 0.717) is 6.42 Å². The predicted molar refractivity (Wildman–Crippen MR) is 100.0 cm³/mol. The Labute approximate surface area is 160 Å². The van der Waals surface area contributed by atoms with Gasteiger partial charge in [-0.15, -0.1) is 0 Å². The highest BCUT2D eigenvalue weighted by molar-refractivity contribution is 7.95. The number of primary amides is 1. The fourth-order valence-electron chi connectivity index (χ4n) is 1.84. The summed E-state index contributed by atoms with van der Waals surface area (Å²) in [5.41, 5.74) is 3.35. The molecule has 3 unspecified atom stereocenters. The van der Waals surface area contributed by atoms with Crippen molar-refractivity contribution in [2.75, 3.05) is 23.0 Å². The third-order valence-electron chi connectivity index (χ3n) is 4.29. The van der Waals surface area contributed by atoms with Crippen LogP contribution in [-0.2, 0) is 31.9 Å². The molecule has 0 aromatic heterocycles. The molecule has 8 nitrogen and oxygen atoms in total. The average Bonchev–Trinajstić information content (AvgIpc) is 2.55. The van der Waals surface area contributed by atoms with E-state index in [-0.39, 0.29) is 23.0 Å². The van der Waals surface area contributed by atoms with Crippen molar-refractivity contribution in [3.05, 3.63) is 0 Å². The molecule has 0 saturated carbocycles. The first-order valence-corrected chi connectivity index (χ1v) is 10.9. The number of hydrogen-bond donors (Lipinski definition) is 2. The van der Waals surface area contributed by atoms with Gasteiger partial charge in [-0.25, -0.2) is 0 Å². The Morgan fingerprint density at radius 3 is 2.12 bits per heavy atom. The molecule has 146 valence electrons. The number of carbonyl (C=O) groups excluding carboxylic acids is 2. The molecule has 3 N–H and O–H groups in total. The third kappa shape index (κ3) is 7.83. The Morgan fingerprint density at radius 1 is 1.12 bits per heavy atom. The van der Waals surface area contributed by atoms with Crippen LogP contribution in [0.15, 0.2) is 0 Å². The Hall–Kier alpha value is -1.46. The van der Waals surface area contributed by atoms with Crippen LogP contribution < -0.4 is 11.1 Å². The molecule has 0 aliphatic heterocycles. The molecule has 3 atom stereocenters. The molecule has 2 amide bonds. The van der Waals surface area contributed by atoms with Crippen LogP contribution in [0.2, 0.25) is 0 Å². The largest absolute Gasteiger partial charge is 0.616 e.